The van der Waals surface area contributed by atoms with Crippen LogP contribution in [0.15, 0.2) is 36.0 Å². The van der Waals surface area contributed by atoms with Crippen LogP contribution in [0.2, 0.25) is 0 Å². The predicted octanol–water partition coefficient (Wildman–Crippen LogP) is 2.84. The molecule has 0 aromatic heterocycles. The summed E-state index contributed by atoms with van der Waals surface area (Å²) in [7, 11) is 0. The molecule has 0 aromatic carbocycles. The Labute approximate surface area is 56.6 Å². The molecule has 0 aliphatic heterocycles. The first kappa shape index (κ1) is 6.34. The Balaban J connectivity index is 2.65. The molecule has 0 heterocycles. The van der Waals surface area contributed by atoms with Crippen molar-refractivity contribution in [1.82, 2.24) is 0 Å². The lowest BCUT2D eigenvalue weighted by Crippen LogP contribution is -1.86. The molecule has 0 spiro atoms. The van der Waals surface area contributed by atoms with E-state index < -0.39 is 0 Å². The Morgan fingerprint density at radius 3 is 2.89 bits per heavy atom. The van der Waals surface area contributed by atoms with E-state index in [1.54, 1.807) is 0 Å². The van der Waals surface area contributed by atoms with E-state index in [0.29, 0.717) is 0 Å². The zero-order chi connectivity index (χ0) is 6.69. The number of hydrogen-bond donors (Lipinski definition) is 0. The van der Waals surface area contributed by atoms with Gasteiger partial charge in [-0.1, -0.05) is 42.9 Å². The van der Waals surface area contributed by atoms with Gasteiger partial charge in [0.2, 0.25) is 0 Å². The van der Waals surface area contributed by atoms with E-state index in [2.05, 4.69) is 31.7 Å². The fraction of sp³-hybridized carbons (Fsp3) is 0.333. The second kappa shape index (κ2) is 2.67. The van der Waals surface area contributed by atoms with Gasteiger partial charge in [0.25, 0.3) is 0 Å². The van der Waals surface area contributed by atoms with Gasteiger partial charge in [-0.3, -0.25) is 0 Å². The minimum Gasteiger partial charge on any atom is -0.0955 e. The Kier molecular flexibility index (Phi) is 1.88. The molecule has 0 aromatic rings. The Morgan fingerprint density at radius 2 is 2.44 bits per heavy atom. The summed E-state index contributed by atoms with van der Waals surface area (Å²) in [6.07, 6.45) is 8.55. The van der Waals surface area contributed by atoms with Gasteiger partial charge in [-0.25, -0.2) is 0 Å². The average Bonchev–Trinajstić information content (AvgIpc) is 1.88. The Morgan fingerprint density at radius 1 is 1.67 bits per heavy atom. The molecular weight excluding hydrogens is 108 g/mol. The van der Waals surface area contributed by atoms with E-state index in [-0.39, 0.29) is 0 Å². The van der Waals surface area contributed by atoms with E-state index >= 15 is 0 Å². The topological polar surface area (TPSA) is 0 Å². The average molecular weight is 120 g/mol. The largest absolute Gasteiger partial charge is 0.0955 e. The molecule has 0 amide bonds. The van der Waals surface area contributed by atoms with Crippen LogP contribution in [0.25, 0.3) is 0 Å². The second-order valence-corrected chi connectivity index (χ2v) is 2.37. The molecule has 0 saturated heterocycles. The normalized spacial score (nSPS) is 17.9. The van der Waals surface area contributed by atoms with Gasteiger partial charge in [0, 0.05) is 0 Å². The summed E-state index contributed by atoms with van der Waals surface area (Å²) >= 11 is 0. The van der Waals surface area contributed by atoms with Crippen molar-refractivity contribution in [2.45, 2.75) is 19.8 Å². The van der Waals surface area contributed by atoms with E-state index in [0.717, 1.165) is 12.8 Å². The highest BCUT2D eigenvalue weighted by Crippen LogP contribution is 2.17. The molecule has 0 nitrogen and oxygen atoms in total. The molecule has 0 radical (unpaired) electrons. The molecule has 0 fully saturated rings. The van der Waals surface area contributed by atoms with E-state index in [1.165, 1.54) is 11.1 Å². The van der Waals surface area contributed by atoms with Crippen LogP contribution >= 0.6 is 0 Å². The van der Waals surface area contributed by atoms with E-state index in [9.17, 15) is 0 Å². The molecule has 0 heteroatoms. The highest BCUT2D eigenvalue weighted by molar-refractivity contribution is 5.32. The zero-order valence-electron chi connectivity index (χ0n) is 5.85. The standard InChI is InChI=1S/C9H12/c1-3-9-6-4-5-8(2)7-9/h4-6H,2-3,7H2,1H3. The summed E-state index contributed by atoms with van der Waals surface area (Å²) in [5.74, 6) is 0. The molecule has 9 heavy (non-hydrogen) atoms. The maximum Gasteiger partial charge on any atom is -0.00700 e. The minimum absolute atomic E-state index is 1.08. The fourth-order valence-electron chi connectivity index (χ4n) is 0.973. The van der Waals surface area contributed by atoms with Crippen molar-refractivity contribution >= 4 is 0 Å². The lowest BCUT2D eigenvalue weighted by atomic mass is 10.00. The van der Waals surface area contributed by atoms with Crippen molar-refractivity contribution in [3.63, 3.8) is 0 Å². The van der Waals surface area contributed by atoms with Crippen molar-refractivity contribution in [2.75, 3.05) is 0 Å². The third kappa shape index (κ3) is 1.56. The quantitative estimate of drug-likeness (QED) is 0.499. The Bertz CT molecular complexity index is 170. The molecule has 0 bridgehead atoms. The van der Waals surface area contributed by atoms with Gasteiger partial charge in [-0.2, -0.15) is 0 Å². The van der Waals surface area contributed by atoms with E-state index in [1.807, 2.05) is 0 Å². The zero-order valence-corrected chi connectivity index (χ0v) is 5.85. The molecule has 0 N–H and O–H groups in total. The summed E-state index contributed by atoms with van der Waals surface area (Å²) in [4.78, 5) is 0. The molecule has 0 unspecified atom stereocenters. The summed E-state index contributed by atoms with van der Waals surface area (Å²) in [5.41, 5.74) is 2.72. The molecule has 1 rings (SSSR count). The minimum atomic E-state index is 1.08. The molecular formula is C9H12. The van der Waals surface area contributed by atoms with Crippen LogP contribution in [-0.2, 0) is 0 Å². The molecule has 1 aliphatic carbocycles. The van der Waals surface area contributed by atoms with Gasteiger partial charge in [-0.05, 0) is 12.8 Å². The molecule has 0 saturated carbocycles. The number of allylic oxidation sites excluding steroid dienone is 5. The summed E-state index contributed by atoms with van der Waals surface area (Å²) in [5, 5.41) is 0. The predicted molar refractivity (Wildman–Crippen MR) is 41.3 cm³/mol. The van der Waals surface area contributed by atoms with Crippen molar-refractivity contribution in [3.05, 3.63) is 36.0 Å². The number of hydrogen-bond acceptors (Lipinski definition) is 0. The lowest BCUT2D eigenvalue weighted by Gasteiger charge is -2.06. The van der Waals surface area contributed by atoms with E-state index in [4.69, 9.17) is 0 Å². The van der Waals surface area contributed by atoms with Crippen LogP contribution in [0.1, 0.15) is 19.8 Å². The first-order valence-electron chi connectivity index (χ1n) is 3.37. The van der Waals surface area contributed by atoms with Crippen LogP contribution < -0.4 is 0 Å². The monoisotopic (exact) mass is 120 g/mol. The SMILES string of the molecule is C=C1C=CC=C(CC)C1. The Hall–Kier alpha value is -0.780. The maximum absolute atomic E-state index is 3.88. The van der Waals surface area contributed by atoms with Gasteiger partial charge in [0.15, 0.2) is 0 Å². The molecule has 1 aliphatic rings. The van der Waals surface area contributed by atoms with Gasteiger partial charge in [0.1, 0.15) is 0 Å². The first-order valence-corrected chi connectivity index (χ1v) is 3.37. The van der Waals surface area contributed by atoms with Crippen LogP contribution in [-0.4, -0.2) is 0 Å². The van der Waals surface area contributed by atoms with Crippen molar-refractivity contribution in [2.24, 2.45) is 0 Å². The van der Waals surface area contributed by atoms with Gasteiger partial charge >= 0.3 is 0 Å². The summed E-state index contributed by atoms with van der Waals surface area (Å²) in [6, 6.07) is 0. The fourth-order valence-corrected chi connectivity index (χ4v) is 0.973. The maximum atomic E-state index is 3.88. The van der Waals surface area contributed by atoms with Crippen LogP contribution in [0.4, 0.5) is 0 Å². The highest BCUT2D eigenvalue weighted by atomic mass is 14.0. The van der Waals surface area contributed by atoms with Crippen molar-refractivity contribution in [1.29, 1.82) is 0 Å². The third-order valence-electron chi connectivity index (χ3n) is 1.57. The van der Waals surface area contributed by atoms with Crippen LogP contribution in [0, 0.1) is 0 Å². The summed E-state index contributed by atoms with van der Waals surface area (Å²) in [6.45, 7) is 6.06. The van der Waals surface area contributed by atoms with Crippen LogP contribution in [0.5, 0.6) is 0 Å². The van der Waals surface area contributed by atoms with Gasteiger partial charge < -0.3 is 0 Å². The molecule has 48 valence electrons. The molecule has 0 atom stereocenters. The number of rotatable bonds is 1. The van der Waals surface area contributed by atoms with Crippen LogP contribution in [0.3, 0.4) is 0 Å². The summed E-state index contributed by atoms with van der Waals surface area (Å²) < 4.78 is 0. The van der Waals surface area contributed by atoms with Crippen molar-refractivity contribution in [3.8, 4) is 0 Å². The van der Waals surface area contributed by atoms with Crippen molar-refractivity contribution < 1.29 is 0 Å². The van der Waals surface area contributed by atoms with Gasteiger partial charge in [-0.15, -0.1) is 0 Å². The lowest BCUT2D eigenvalue weighted by molar-refractivity contribution is 1.00. The second-order valence-electron chi connectivity index (χ2n) is 2.37. The first-order chi connectivity index (χ1) is 4.33. The smallest absolute Gasteiger partial charge is 0.00700 e. The highest BCUT2D eigenvalue weighted by Gasteiger charge is 1.97. The van der Waals surface area contributed by atoms with Gasteiger partial charge in [0.05, 0.1) is 0 Å². The third-order valence-corrected chi connectivity index (χ3v) is 1.57.